The van der Waals surface area contributed by atoms with E-state index in [9.17, 15) is 5.11 Å². The van der Waals surface area contributed by atoms with Crippen molar-refractivity contribution in [1.29, 1.82) is 0 Å². The van der Waals surface area contributed by atoms with Crippen LogP contribution < -0.4 is 4.74 Å². The lowest BCUT2D eigenvalue weighted by Gasteiger charge is -2.00. The first-order valence-corrected chi connectivity index (χ1v) is 6.15. The lowest BCUT2D eigenvalue weighted by molar-refractivity contribution is 0.415. The summed E-state index contributed by atoms with van der Waals surface area (Å²) < 4.78 is 5.97. The van der Waals surface area contributed by atoms with Crippen molar-refractivity contribution in [3.05, 3.63) is 52.5 Å². The van der Waals surface area contributed by atoms with Gasteiger partial charge in [-0.3, -0.25) is 4.99 Å². The summed E-state index contributed by atoms with van der Waals surface area (Å²) in [4.78, 5) is 4.29. The van der Waals surface area contributed by atoms with Gasteiger partial charge >= 0.3 is 0 Å². The van der Waals surface area contributed by atoms with E-state index < -0.39 is 0 Å². The second-order valence-corrected chi connectivity index (χ2v) is 4.58. The highest BCUT2D eigenvalue weighted by atomic mass is 79.9. The maximum absolute atomic E-state index is 9.66. The largest absolute Gasteiger partial charge is 0.507 e. The van der Waals surface area contributed by atoms with Crippen molar-refractivity contribution in [2.75, 3.05) is 7.11 Å². The summed E-state index contributed by atoms with van der Waals surface area (Å²) in [5.41, 5.74) is 1.47. The van der Waals surface area contributed by atoms with Gasteiger partial charge in [0.25, 0.3) is 0 Å². The zero-order valence-corrected chi connectivity index (χ0v) is 11.4. The van der Waals surface area contributed by atoms with Gasteiger partial charge in [0.15, 0.2) is 0 Å². The summed E-state index contributed by atoms with van der Waals surface area (Å²) in [6.07, 6.45) is 1.63. The number of aliphatic imine (C=N–C) groups is 1. The molecular formula is C14H12BrNO2. The molecule has 0 saturated carbocycles. The SMILES string of the molecule is COc1ccc(/N=C/c2cc(Br)ccc2O)cc1. The van der Waals surface area contributed by atoms with Crippen molar-refractivity contribution in [2.24, 2.45) is 4.99 Å². The fourth-order valence-electron chi connectivity index (χ4n) is 1.44. The van der Waals surface area contributed by atoms with Crippen LogP contribution >= 0.6 is 15.9 Å². The van der Waals surface area contributed by atoms with E-state index in [1.54, 1.807) is 25.5 Å². The average molecular weight is 306 g/mol. The van der Waals surface area contributed by atoms with Gasteiger partial charge in [0, 0.05) is 16.3 Å². The number of ether oxygens (including phenoxy) is 1. The monoisotopic (exact) mass is 305 g/mol. The predicted octanol–water partition coefficient (Wildman–Crippen LogP) is 3.91. The summed E-state index contributed by atoms with van der Waals surface area (Å²) in [5.74, 6) is 0.995. The van der Waals surface area contributed by atoms with E-state index in [2.05, 4.69) is 20.9 Å². The Kier molecular flexibility index (Phi) is 3.99. The Morgan fingerprint density at radius 3 is 2.56 bits per heavy atom. The first-order valence-electron chi connectivity index (χ1n) is 5.35. The molecule has 2 aromatic rings. The molecule has 2 rings (SSSR count). The highest BCUT2D eigenvalue weighted by molar-refractivity contribution is 9.10. The molecule has 0 aliphatic carbocycles. The topological polar surface area (TPSA) is 41.8 Å². The predicted molar refractivity (Wildman–Crippen MR) is 76.1 cm³/mol. The molecule has 92 valence electrons. The van der Waals surface area contributed by atoms with Crippen LogP contribution in [-0.2, 0) is 0 Å². The highest BCUT2D eigenvalue weighted by Crippen LogP contribution is 2.22. The summed E-state index contributed by atoms with van der Waals surface area (Å²) in [6, 6.07) is 12.6. The molecule has 4 heteroatoms. The smallest absolute Gasteiger partial charge is 0.124 e. The number of aromatic hydroxyl groups is 1. The van der Waals surface area contributed by atoms with E-state index in [0.29, 0.717) is 5.56 Å². The van der Waals surface area contributed by atoms with Gasteiger partial charge in [0.1, 0.15) is 11.5 Å². The van der Waals surface area contributed by atoms with Gasteiger partial charge in [0.2, 0.25) is 0 Å². The Bertz CT molecular complexity index is 565. The third kappa shape index (κ3) is 3.11. The van der Waals surface area contributed by atoms with Crippen LogP contribution in [0.2, 0.25) is 0 Å². The number of methoxy groups -OCH3 is 1. The van der Waals surface area contributed by atoms with Crippen LogP contribution in [0.3, 0.4) is 0 Å². The number of rotatable bonds is 3. The van der Waals surface area contributed by atoms with Crippen molar-refractivity contribution >= 4 is 27.8 Å². The lowest BCUT2D eigenvalue weighted by Crippen LogP contribution is -1.83. The van der Waals surface area contributed by atoms with E-state index in [4.69, 9.17) is 4.74 Å². The Morgan fingerprint density at radius 2 is 1.89 bits per heavy atom. The van der Waals surface area contributed by atoms with Crippen molar-refractivity contribution in [1.82, 2.24) is 0 Å². The maximum Gasteiger partial charge on any atom is 0.124 e. The molecule has 0 fully saturated rings. The molecule has 0 aliphatic rings. The number of nitrogens with zero attached hydrogens (tertiary/aromatic N) is 1. The van der Waals surface area contributed by atoms with Crippen LogP contribution in [0.5, 0.6) is 11.5 Å². The number of hydrogen-bond acceptors (Lipinski definition) is 3. The van der Waals surface area contributed by atoms with Gasteiger partial charge in [-0.2, -0.15) is 0 Å². The van der Waals surface area contributed by atoms with Crippen molar-refractivity contribution < 1.29 is 9.84 Å². The Balaban J connectivity index is 2.21. The fourth-order valence-corrected chi connectivity index (χ4v) is 1.82. The molecule has 0 spiro atoms. The Labute approximate surface area is 114 Å². The molecule has 0 bridgehead atoms. The Morgan fingerprint density at radius 1 is 1.17 bits per heavy atom. The van der Waals surface area contributed by atoms with Crippen LogP contribution in [0.25, 0.3) is 0 Å². The number of phenols is 1. The van der Waals surface area contributed by atoms with Crippen LogP contribution in [0, 0.1) is 0 Å². The number of phenolic OH excluding ortho intramolecular Hbond substituents is 1. The molecule has 0 aliphatic heterocycles. The third-order valence-corrected chi connectivity index (χ3v) is 2.91. The minimum atomic E-state index is 0.204. The molecule has 3 nitrogen and oxygen atoms in total. The van der Waals surface area contributed by atoms with Gasteiger partial charge in [-0.05, 0) is 42.5 Å². The molecule has 0 aromatic heterocycles. The molecule has 2 aromatic carbocycles. The van der Waals surface area contributed by atoms with Crippen LogP contribution in [0.4, 0.5) is 5.69 Å². The first kappa shape index (κ1) is 12.6. The number of halogens is 1. The fraction of sp³-hybridized carbons (Fsp3) is 0.0714. The molecule has 0 atom stereocenters. The molecule has 1 N–H and O–H groups in total. The van der Waals surface area contributed by atoms with Crippen molar-refractivity contribution in [3.8, 4) is 11.5 Å². The van der Waals surface area contributed by atoms with E-state index in [0.717, 1.165) is 15.9 Å². The van der Waals surface area contributed by atoms with E-state index in [1.165, 1.54) is 0 Å². The number of benzene rings is 2. The van der Waals surface area contributed by atoms with Crippen molar-refractivity contribution in [2.45, 2.75) is 0 Å². The zero-order chi connectivity index (χ0) is 13.0. The van der Waals surface area contributed by atoms with Gasteiger partial charge < -0.3 is 9.84 Å². The van der Waals surface area contributed by atoms with E-state index >= 15 is 0 Å². The quantitative estimate of drug-likeness (QED) is 0.873. The van der Waals surface area contributed by atoms with Crippen LogP contribution in [0.15, 0.2) is 51.9 Å². The van der Waals surface area contributed by atoms with Gasteiger partial charge in [0.05, 0.1) is 12.8 Å². The summed E-state index contributed by atoms with van der Waals surface area (Å²) >= 11 is 3.35. The minimum Gasteiger partial charge on any atom is -0.507 e. The van der Waals surface area contributed by atoms with Gasteiger partial charge in [-0.25, -0.2) is 0 Å². The van der Waals surface area contributed by atoms with E-state index in [-0.39, 0.29) is 5.75 Å². The molecule has 0 radical (unpaired) electrons. The lowest BCUT2D eigenvalue weighted by atomic mass is 10.2. The van der Waals surface area contributed by atoms with Gasteiger partial charge in [-0.1, -0.05) is 15.9 Å². The third-order valence-electron chi connectivity index (χ3n) is 2.41. The molecule has 18 heavy (non-hydrogen) atoms. The second-order valence-electron chi connectivity index (χ2n) is 3.66. The Hall–Kier alpha value is -1.81. The second kappa shape index (κ2) is 5.69. The molecule has 0 unspecified atom stereocenters. The number of hydrogen-bond donors (Lipinski definition) is 1. The minimum absolute atomic E-state index is 0.204. The summed E-state index contributed by atoms with van der Waals surface area (Å²) in [7, 11) is 1.62. The molecule has 0 saturated heterocycles. The van der Waals surface area contributed by atoms with Gasteiger partial charge in [-0.15, -0.1) is 0 Å². The maximum atomic E-state index is 9.66. The van der Waals surface area contributed by atoms with Crippen LogP contribution in [-0.4, -0.2) is 18.4 Å². The summed E-state index contributed by atoms with van der Waals surface area (Å²) in [5, 5.41) is 9.66. The average Bonchev–Trinajstić information content (AvgIpc) is 2.40. The van der Waals surface area contributed by atoms with Crippen LogP contribution in [0.1, 0.15) is 5.56 Å². The molecular weight excluding hydrogens is 294 g/mol. The first-order chi connectivity index (χ1) is 8.69. The normalized spacial score (nSPS) is 10.8. The van der Waals surface area contributed by atoms with E-state index in [1.807, 2.05) is 30.3 Å². The zero-order valence-electron chi connectivity index (χ0n) is 9.80. The molecule has 0 heterocycles. The van der Waals surface area contributed by atoms with Crippen molar-refractivity contribution in [3.63, 3.8) is 0 Å². The molecule has 0 amide bonds. The highest BCUT2D eigenvalue weighted by Gasteiger charge is 1.98. The summed E-state index contributed by atoms with van der Waals surface area (Å²) in [6.45, 7) is 0. The standard InChI is InChI=1S/C14H12BrNO2/c1-18-13-5-3-12(4-6-13)16-9-10-8-11(15)2-7-14(10)17/h2-9,17H,1H3/b16-9+.